The van der Waals surface area contributed by atoms with Crippen LogP contribution in [0.15, 0.2) is 71.3 Å². The Kier molecular flexibility index (Phi) is 12.5. The first kappa shape index (κ1) is 28.6. The average molecular weight is 490 g/mol. The van der Waals surface area contributed by atoms with Gasteiger partial charge < -0.3 is 14.9 Å². The van der Waals surface area contributed by atoms with Crippen LogP contribution in [0.5, 0.6) is 0 Å². The van der Waals surface area contributed by atoms with Crippen LogP contribution in [0.1, 0.15) is 38.8 Å². The van der Waals surface area contributed by atoms with Gasteiger partial charge in [-0.25, -0.2) is 5.57 Å². The number of hydrogen-bond donors (Lipinski definition) is 0. The molecule has 0 aliphatic heterocycles. The van der Waals surface area contributed by atoms with Crippen molar-refractivity contribution in [3.8, 4) is 11.1 Å². The van der Waals surface area contributed by atoms with Crippen LogP contribution in [-0.2, 0) is 23.3 Å². The molecule has 1 aliphatic rings. The molecule has 0 amide bonds. The predicted molar refractivity (Wildman–Crippen MR) is 133 cm³/mol. The average Bonchev–Trinajstić information content (AvgIpc) is 3.14. The molecule has 158 valence electrons. The van der Waals surface area contributed by atoms with Crippen LogP contribution in [0, 0.1) is 40.7 Å². The molecule has 1 aliphatic carbocycles. The van der Waals surface area contributed by atoms with Crippen LogP contribution in [0.25, 0.3) is 21.9 Å². The first-order chi connectivity index (χ1) is 13.4. The molecule has 1 atom stereocenters. The van der Waals surface area contributed by atoms with Crippen molar-refractivity contribution in [2.45, 2.75) is 41.5 Å². The number of rotatable bonds is 1. The van der Waals surface area contributed by atoms with Gasteiger partial charge in [0.05, 0.1) is 0 Å². The van der Waals surface area contributed by atoms with Crippen LogP contribution >= 0.6 is 0 Å². The SMILES string of the molecule is CC1=[C-]C(C)C(C)=C1C.Cc1ccc2c(-c3ccccc3)c(C)[cH-]c2c1.[CH3-].[CH3-].[Si]=[Zr]. The van der Waals surface area contributed by atoms with Gasteiger partial charge in [-0.15, -0.1) is 47.0 Å². The van der Waals surface area contributed by atoms with Gasteiger partial charge in [0.1, 0.15) is 0 Å². The van der Waals surface area contributed by atoms with E-state index in [9.17, 15) is 0 Å². The molecule has 0 spiro atoms. The molecule has 3 aromatic carbocycles. The summed E-state index contributed by atoms with van der Waals surface area (Å²) in [5, 5.41) is 2.71. The van der Waals surface area contributed by atoms with E-state index in [0.29, 0.717) is 5.92 Å². The minimum atomic E-state index is 0. The van der Waals surface area contributed by atoms with Crippen molar-refractivity contribution in [1.29, 1.82) is 0 Å². The number of benzene rings is 2. The Morgan fingerprint density at radius 3 is 1.97 bits per heavy atom. The standard InChI is InChI=1S/C17H15.C9H13.2CH3.Si.Zr/c1-12-8-9-16-15(10-12)11-13(2)17(16)14-6-4-3-5-7-14;1-6-5-7(2)9(4)8(6)3;;;;/h3-11H,1-2H3;6H,1-4H3;2*1H3;;/q4*-1;;. The van der Waals surface area contributed by atoms with E-state index in [4.69, 9.17) is 0 Å². The monoisotopic (exact) mass is 488 g/mol. The second-order valence-electron chi connectivity index (χ2n) is 7.46. The Labute approximate surface area is 202 Å². The summed E-state index contributed by atoms with van der Waals surface area (Å²) in [5.41, 5.74) is 9.61. The summed E-state index contributed by atoms with van der Waals surface area (Å²) in [6, 6.07) is 19.6. The molecule has 2 radical (unpaired) electrons. The molecular formula is C28H34SiZr-4. The fourth-order valence-electron chi connectivity index (χ4n) is 3.70. The summed E-state index contributed by atoms with van der Waals surface area (Å²) in [4.78, 5) is 0. The number of allylic oxidation sites excluding steroid dienone is 4. The van der Waals surface area contributed by atoms with Gasteiger partial charge in [-0.2, -0.15) is 11.1 Å². The summed E-state index contributed by atoms with van der Waals surface area (Å²) in [6.45, 7) is 16.1. The van der Waals surface area contributed by atoms with E-state index in [1.807, 2.05) is 0 Å². The number of hydrogen-bond acceptors (Lipinski definition) is 0. The van der Waals surface area contributed by atoms with Crippen LogP contribution in [0.2, 0.25) is 0 Å². The number of aryl methyl sites for hydroxylation is 2. The van der Waals surface area contributed by atoms with Crippen molar-refractivity contribution in [3.63, 3.8) is 0 Å². The maximum absolute atomic E-state index is 3.36. The molecule has 0 heterocycles. The summed E-state index contributed by atoms with van der Waals surface area (Å²) in [6.07, 6.45) is 3.36. The van der Waals surface area contributed by atoms with Crippen molar-refractivity contribution in [3.05, 3.63) is 103 Å². The first-order valence-electron chi connectivity index (χ1n) is 9.63. The van der Waals surface area contributed by atoms with Crippen molar-refractivity contribution >= 4 is 17.7 Å². The Morgan fingerprint density at radius 1 is 0.900 bits per heavy atom. The second-order valence-corrected chi connectivity index (χ2v) is 7.46. The van der Waals surface area contributed by atoms with Crippen LogP contribution in [0.4, 0.5) is 0 Å². The van der Waals surface area contributed by atoms with E-state index >= 15 is 0 Å². The Bertz CT molecular complexity index is 1010. The second kappa shape index (κ2) is 13.1. The van der Waals surface area contributed by atoms with Crippen molar-refractivity contribution in [1.82, 2.24) is 0 Å². The van der Waals surface area contributed by atoms with E-state index in [1.165, 1.54) is 73.1 Å². The molecule has 0 N–H and O–H groups in total. The van der Waals surface area contributed by atoms with Crippen molar-refractivity contribution in [2.24, 2.45) is 5.92 Å². The molecule has 30 heavy (non-hydrogen) atoms. The normalized spacial score (nSPS) is 14.4. The summed E-state index contributed by atoms with van der Waals surface area (Å²) >= 11 is 1.36. The van der Waals surface area contributed by atoms with Gasteiger partial charge in [0, 0.05) is 0 Å². The summed E-state index contributed by atoms with van der Waals surface area (Å²) in [7, 11) is 0. The molecule has 4 rings (SSSR count). The predicted octanol–water partition coefficient (Wildman–Crippen LogP) is 8.08. The third-order valence-electron chi connectivity index (χ3n) is 5.54. The fraction of sp³-hybridized carbons (Fsp3) is 0.250. The quantitative estimate of drug-likeness (QED) is 0.239. The third-order valence-corrected chi connectivity index (χ3v) is 5.54. The number of fused-ring (bicyclic) bond motifs is 1. The molecule has 0 saturated carbocycles. The molecule has 0 saturated heterocycles. The first-order valence-corrected chi connectivity index (χ1v) is 13.8. The van der Waals surface area contributed by atoms with Gasteiger partial charge in [-0.3, -0.25) is 6.08 Å². The molecule has 2 heteroatoms. The zero-order chi connectivity index (χ0) is 20.8. The summed E-state index contributed by atoms with van der Waals surface area (Å²) in [5.74, 6) is 0.560. The van der Waals surface area contributed by atoms with Crippen LogP contribution < -0.4 is 0 Å². The van der Waals surface area contributed by atoms with Gasteiger partial charge >= 0.3 is 30.2 Å². The third kappa shape index (κ3) is 6.56. The zero-order valence-electron chi connectivity index (χ0n) is 19.8. The van der Waals surface area contributed by atoms with Gasteiger partial charge in [-0.1, -0.05) is 81.1 Å². The molecular weight excluding hydrogens is 456 g/mol. The molecule has 3 aromatic rings. The Morgan fingerprint density at radius 2 is 1.50 bits per heavy atom. The van der Waals surface area contributed by atoms with E-state index in [-0.39, 0.29) is 14.9 Å². The molecule has 0 nitrogen and oxygen atoms in total. The van der Waals surface area contributed by atoms with E-state index < -0.39 is 0 Å². The fourth-order valence-corrected chi connectivity index (χ4v) is 3.70. The molecule has 0 fully saturated rings. The molecule has 0 aromatic heterocycles. The molecule has 1 unspecified atom stereocenters. The Hall–Kier alpha value is -1.37. The van der Waals surface area contributed by atoms with Gasteiger partial charge in [0.2, 0.25) is 0 Å². The van der Waals surface area contributed by atoms with E-state index in [1.54, 1.807) is 0 Å². The van der Waals surface area contributed by atoms with Gasteiger partial charge in [0.15, 0.2) is 0 Å². The van der Waals surface area contributed by atoms with E-state index in [2.05, 4.69) is 109 Å². The van der Waals surface area contributed by atoms with Gasteiger partial charge in [0.25, 0.3) is 0 Å². The molecule has 0 bridgehead atoms. The van der Waals surface area contributed by atoms with Crippen LogP contribution in [0.3, 0.4) is 0 Å². The Balaban J connectivity index is 0.000000558. The van der Waals surface area contributed by atoms with Gasteiger partial charge in [-0.05, 0) is 6.92 Å². The zero-order valence-corrected chi connectivity index (χ0v) is 23.2. The summed E-state index contributed by atoms with van der Waals surface area (Å²) < 4.78 is 0. The van der Waals surface area contributed by atoms with Crippen molar-refractivity contribution in [2.75, 3.05) is 0 Å². The topological polar surface area (TPSA) is 0 Å². The van der Waals surface area contributed by atoms with Crippen molar-refractivity contribution < 1.29 is 23.3 Å². The minimum absolute atomic E-state index is 0. The van der Waals surface area contributed by atoms with Crippen LogP contribution in [-0.4, -0.2) is 6.88 Å². The van der Waals surface area contributed by atoms with E-state index in [0.717, 1.165) is 0 Å². The maximum atomic E-state index is 3.36.